The molecule has 1 aliphatic heterocycles. The van der Waals surface area contributed by atoms with Crippen molar-refractivity contribution in [3.8, 4) is 0 Å². The smallest absolute Gasteiger partial charge is 0.242 e. The van der Waals surface area contributed by atoms with E-state index in [1.807, 2.05) is 24.3 Å². The van der Waals surface area contributed by atoms with Crippen LogP contribution in [-0.2, 0) is 14.8 Å². The molecule has 0 bridgehead atoms. The maximum Gasteiger partial charge on any atom is 0.242 e. The summed E-state index contributed by atoms with van der Waals surface area (Å²) in [5, 5.41) is 0.936. The number of amides is 1. The molecule has 0 aliphatic carbocycles. The molecule has 1 heterocycles. The first kappa shape index (κ1) is 22.2. The van der Waals surface area contributed by atoms with Gasteiger partial charge < -0.3 is 9.80 Å². The van der Waals surface area contributed by atoms with E-state index in [4.69, 9.17) is 34.8 Å². The first-order valence-corrected chi connectivity index (χ1v) is 11.6. The van der Waals surface area contributed by atoms with Gasteiger partial charge in [0.25, 0.3) is 0 Å². The second-order valence-electron chi connectivity index (χ2n) is 6.71. The summed E-state index contributed by atoms with van der Waals surface area (Å²) in [6.45, 7) is 3.74. The second-order valence-corrected chi connectivity index (χ2v) is 9.67. The molecular formula is C19H20Cl3N3O3S. The van der Waals surface area contributed by atoms with Crippen LogP contribution in [0.1, 0.15) is 6.92 Å². The molecule has 0 unspecified atom stereocenters. The predicted octanol–water partition coefficient (Wildman–Crippen LogP) is 3.66. The summed E-state index contributed by atoms with van der Waals surface area (Å²) >= 11 is 17.9. The number of carbonyl (C=O) groups is 1. The van der Waals surface area contributed by atoms with Crippen molar-refractivity contribution in [3.63, 3.8) is 0 Å². The molecule has 6 nitrogen and oxygen atoms in total. The van der Waals surface area contributed by atoms with Gasteiger partial charge >= 0.3 is 0 Å². The van der Waals surface area contributed by atoms with Crippen LogP contribution < -0.4 is 9.62 Å². The van der Waals surface area contributed by atoms with Gasteiger partial charge in [-0.05, 0) is 43.3 Å². The summed E-state index contributed by atoms with van der Waals surface area (Å²) in [6.07, 6.45) is 0. The van der Waals surface area contributed by atoms with Crippen LogP contribution in [0.4, 0.5) is 5.69 Å². The van der Waals surface area contributed by atoms with Crippen molar-refractivity contribution in [2.45, 2.75) is 17.9 Å². The third kappa shape index (κ3) is 5.35. The highest BCUT2D eigenvalue weighted by Crippen LogP contribution is 2.25. The number of hydrogen-bond acceptors (Lipinski definition) is 4. The molecule has 156 valence electrons. The Morgan fingerprint density at radius 3 is 2.31 bits per heavy atom. The Hall–Kier alpha value is -1.51. The van der Waals surface area contributed by atoms with E-state index in [1.165, 1.54) is 25.1 Å². The molecule has 1 amide bonds. The van der Waals surface area contributed by atoms with Crippen LogP contribution in [0.25, 0.3) is 0 Å². The molecule has 3 rings (SSSR count). The summed E-state index contributed by atoms with van der Waals surface area (Å²) in [4.78, 5) is 16.4. The number of carbonyl (C=O) groups excluding carboxylic acids is 1. The van der Waals surface area contributed by atoms with Crippen molar-refractivity contribution in [1.29, 1.82) is 0 Å². The van der Waals surface area contributed by atoms with E-state index in [0.29, 0.717) is 31.2 Å². The Kier molecular flexibility index (Phi) is 6.96. The van der Waals surface area contributed by atoms with Crippen LogP contribution in [0.2, 0.25) is 15.1 Å². The van der Waals surface area contributed by atoms with Gasteiger partial charge in [0.1, 0.15) is 4.90 Å². The molecule has 1 saturated heterocycles. The van der Waals surface area contributed by atoms with Crippen molar-refractivity contribution in [2.24, 2.45) is 0 Å². The minimum Gasteiger partial charge on any atom is -0.368 e. The van der Waals surface area contributed by atoms with E-state index in [2.05, 4.69) is 9.62 Å². The third-order valence-corrected chi connectivity index (χ3v) is 7.14. The maximum absolute atomic E-state index is 12.8. The lowest BCUT2D eigenvalue weighted by molar-refractivity contribution is -0.132. The van der Waals surface area contributed by atoms with E-state index in [0.717, 1.165) is 5.69 Å². The van der Waals surface area contributed by atoms with Gasteiger partial charge in [0.15, 0.2) is 0 Å². The van der Waals surface area contributed by atoms with Gasteiger partial charge in [-0.1, -0.05) is 40.9 Å². The van der Waals surface area contributed by atoms with Crippen LogP contribution >= 0.6 is 34.8 Å². The number of rotatable bonds is 5. The number of nitrogens with zero attached hydrogens (tertiary/aromatic N) is 2. The molecule has 29 heavy (non-hydrogen) atoms. The van der Waals surface area contributed by atoms with Crippen molar-refractivity contribution in [1.82, 2.24) is 9.62 Å². The number of piperazine rings is 1. The monoisotopic (exact) mass is 475 g/mol. The Balaban J connectivity index is 1.63. The number of hydrogen-bond donors (Lipinski definition) is 1. The van der Waals surface area contributed by atoms with Gasteiger partial charge in [0.2, 0.25) is 15.9 Å². The normalized spacial score (nSPS) is 16.0. The Labute approximate surface area is 185 Å². The van der Waals surface area contributed by atoms with E-state index >= 15 is 0 Å². The minimum absolute atomic E-state index is 0.0386. The third-order valence-electron chi connectivity index (χ3n) is 4.65. The van der Waals surface area contributed by atoms with Crippen molar-refractivity contribution < 1.29 is 13.2 Å². The molecule has 1 N–H and O–H groups in total. The summed E-state index contributed by atoms with van der Waals surface area (Å²) in [7, 11) is -3.99. The average molecular weight is 477 g/mol. The summed E-state index contributed by atoms with van der Waals surface area (Å²) in [6, 6.07) is 10.8. The van der Waals surface area contributed by atoms with Gasteiger partial charge in [0, 0.05) is 41.9 Å². The van der Waals surface area contributed by atoms with Crippen LogP contribution in [0, 0.1) is 0 Å². The van der Waals surface area contributed by atoms with Crippen molar-refractivity contribution in [3.05, 3.63) is 57.5 Å². The Bertz CT molecular complexity index is 1010. The molecule has 10 heteroatoms. The molecule has 0 radical (unpaired) electrons. The van der Waals surface area contributed by atoms with Gasteiger partial charge in [-0.2, -0.15) is 4.72 Å². The summed E-state index contributed by atoms with van der Waals surface area (Å²) in [5.74, 6) is -0.294. The Morgan fingerprint density at radius 1 is 1.00 bits per heavy atom. The zero-order valence-corrected chi connectivity index (χ0v) is 18.7. The first-order valence-electron chi connectivity index (χ1n) is 8.94. The number of halogens is 3. The highest BCUT2D eigenvalue weighted by atomic mass is 35.5. The highest BCUT2D eigenvalue weighted by molar-refractivity contribution is 7.89. The van der Waals surface area contributed by atoms with Gasteiger partial charge in [-0.15, -0.1) is 0 Å². The number of sulfonamides is 1. The fourth-order valence-corrected chi connectivity index (χ4v) is 5.31. The van der Waals surface area contributed by atoms with Gasteiger partial charge in [-0.3, -0.25) is 4.79 Å². The number of anilines is 1. The lowest BCUT2D eigenvalue weighted by atomic mass is 10.2. The maximum atomic E-state index is 12.8. The minimum atomic E-state index is -3.99. The molecule has 0 saturated carbocycles. The molecule has 2 aromatic rings. The molecule has 1 atom stereocenters. The Morgan fingerprint density at radius 2 is 1.66 bits per heavy atom. The topological polar surface area (TPSA) is 69.7 Å². The fourth-order valence-electron chi connectivity index (χ4n) is 3.16. The van der Waals surface area contributed by atoms with Crippen LogP contribution in [0.5, 0.6) is 0 Å². The number of nitrogens with one attached hydrogen (secondary N) is 1. The summed E-state index contributed by atoms with van der Waals surface area (Å²) < 4.78 is 27.6. The first-order chi connectivity index (χ1) is 13.7. The van der Waals surface area contributed by atoms with E-state index in [-0.39, 0.29) is 20.8 Å². The van der Waals surface area contributed by atoms with E-state index in [1.54, 1.807) is 4.90 Å². The zero-order chi connectivity index (χ0) is 21.2. The molecule has 0 aromatic heterocycles. The molecular weight excluding hydrogens is 457 g/mol. The standard InChI is InChI=1S/C19H20Cl3N3O3S/c1-13(23-29(27,28)18-12-15(21)5-6-17(18)22)19(26)25-9-7-24(8-10-25)16-4-2-3-14(20)11-16/h2-6,11-13,23H,7-10H2,1H3/t13-/m1/s1. The van der Waals surface area contributed by atoms with E-state index < -0.39 is 16.1 Å². The fraction of sp³-hybridized carbons (Fsp3) is 0.316. The predicted molar refractivity (Wildman–Crippen MR) is 116 cm³/mol. The quantitative estimate of drug-likeness (QED) is 0.715. The lowest BCUT2D eigenvalue weighted by Gasteiger charge is -2.37. The van der Waals surface area contributed by atoms with Crippen molar-refractivity contribution >= 4 is 56.4 Å². The van der Waals surface area contributed by atoms with Crippen LogP contribution in [0.15, 0.2) is 47.4 Å². The molecule has 0 spiro atoms. The van der Waals surface area contributed by atoms with Gasteiger partial charge in [-0.25, -0.2) is 8.42 Å². The van der Waals surface area contributed by atoms with Crippen LogP contribution in [-0.4, -0.2) is 51.4 Å². The molecule has 1 aliphatic rings. The molecule has 2 aromatic carbocycles. The largest absolute Gasteiger partial charge is 0.368 e. The number of benzene rings is 2. The zero-order valence-electron chi connectivity index (χ0n) is 15.6. The average Bonchev–Trinajstić information content (AvgIpc) is 2.69. The van der Waals surface area contributed by atoms with Gasteiger partial charge in [0.05, 0.1) is 11.1 Å². The van der Waals surface area contributed by atoms with Crippen molar-refractivity contribution in [2.75, 3.05) is 31.1 Å². The second kappa shape index (κ2) is 9.10. The van der Waals surface area contributed by atoms with Crippen LogP contribution in [0.3, 0.4) is 0 Å². The highest BCUT2D eigenvalue weighted by Gasteiger charge is 2.29. The summed E-state index contributed by atoms with van der Waals surface area (Å²) in [5.41, 5.74) is 0.994. The SMILES string of the molecule is C[C@@H](NS(=O)(=O)c1cc(Cl)ccc1Cl)C(=O)N1CCN(c2cccc(Cl)c2)CC1. The molecule has 1 fully saturated rings. The van der Waals surface area contributed by atoms with E-state index in [9.17, 15) is 13.2 Å². The lowest BCUT2D eigenvalue weighted by Crippen LogP contribution is -2.54.